The molecule has 10 rings (SSSR count). The van der Waals surface area contributed by atoms with E-state index in [0.29, 0.717) is 4.31 Å². The molecule has 3 heteroatoms. The van der Waals surface area contributed by atoms with Gasteiger partial charge in [0, 0.05) is 0 Å². The van der Waals surface area contributed by atoms with Crippen LogP contribution in [0.5, 0.6) is 0 Å². The van der Waals surface area contributed by atoms with Crippen molar-refractivity contribution in [1.29, 1.82) is 0 Å². The number of carbonyl (C=O) groups is 1. The van der Waals surface area contributed by atoms with Crippen LogP contribution in [0, 0.1) is 0 Å². The molecule has 0 radical (unpaired) electrons. The molecule has 17 heavy (non-hydrogen) atoms. The molecule has 0 amide bonds. The second-order valence-corrected chi connectivity index (χ2v) is 34.2. The van der Waals surface area contributed by atoms with E-state index >= 15 is 0 Å². The fourth-order valence-electron chi connectivity index (χ4n) is 17.4. The van der Waals surface area contributed by atoms with Crippen LogP contribution >= 0.6 is 0 Å². The third kappa shape index (κ3) is 0.0587. The molecule has 0 aromatic carbocycles. The van der Waals surface area contributed by atoms with Crippen molar-refractivity contribution in [3.63, 3.8) is 0 Å². The van der Waals surface area contributed by atoms with Crippen LogP contribution in [0.25, 0.3) is 0 Å². The number of rotatable bonds is 2. The third-order valence-corrected chi connectivity index (χ3v) is 58.0. The number of hydrogen-bond acceptors (Lipinski definition) is 1. The monoisotopic (exact) mass is 270 g/mol. The van der Waals surface area contributed by atoms with Crippen LogP contribution in [0.2, 0.25) is 47.7 Å². The summed E-state index contributed by atoms with van der Waals surface area (Å²) in [6, 6.07) is 0. The predicted octanol–water partition coefficient (Wildman–Crippen LogP) is 3.78. The normalized spacial score (nSPS) is 120. The number of carboxylic acid groups (broad SMARTS) is 1. The third-order valence-electron chi connectivity index (χ3n) is 15.6. The molecule has 4 atom stereocenters. The molecular weight excluding hydrogens is 256 g/mol. The van der Waals surface area contributed by atoms with Gasteiger partial charge >= 0.3 is 88.6 Å². The summed E-state index contributed by atoms with van der Waals surface area (Å²) in [6.45, 7) is -1.17. The number of aliphatic carboxylic acids is 1. The topological polar surface area (TPSA) is 37.3 Å². The molecule has 1 N–H and O–H groups in total. The van der Waals surface area contributed by atoms with Crippen LogP contribution in [0.3, 0.4) is 0 Å². The van der Waals surface area contributed by atoms with Gasteiger partial charge in [0.15, 0.2) is 0 Å². The van der Waals surface area contributed by atoms with Gasteiger partial charge in [0.05, 0.1) is 0 Å². The standard InChI is InChI=1S/C9H9O2.C5H5.Fe/c1-2-8(9(10)11)7-5-3-4-6-7;1-2-4-5-3-1;/h2-6H,1H3,(H,10,11);1-5H;. The van der Waals surface area contributed by atoms with E-state index in [1.165, 1.54) is 33.7 Å². The Morgan fingerprint density at radius 2 is 1.53 bits per heavy atom. The molecule has 10 fully saturated rings. The van der Waals surface area contributed by atoms with Gasteiger partial charge in [0.25, 0.3) is 0 Å². The van der Waals surface area contributed by atoms with E-state index < -0.39 is 12.5 Å². The Morgan fingerprint density at radius 1 is 1.06 bits per heavy atom. The van der Waals surface area contributed by atoms with Crippen molar-refractivity contribution in [2.45, 2.75) is 54.6 Å². The van der Waals surface area contributed by atoms with Gasteiger partial charge in [-0.2, -0.15) is 0 Å². The maximum absolute atomic E-state index is 11.7. The fourth-order valence-corrected chi connectivity index (χ4v) is 91.6. The average molecular weight is 270 g/mol. The summed E-state index contributed by atoms with van der Waals surface area (Å²) >= 11 is 0. The molecular formula is C14H14FeO2. The first-order valence-corrected chi connectivity index (χ1v) is 13.3. The van der Waals surface area contributed by atoms with Crippen LogP contribution < -0.4 is 0 Å². The molecule has 10 aliphatic rings. The number of carboxylic acids is 1. The van der Waals surface area contributed by atoms with Crippen molar-refractivity contribution in [3.8, 4) is 0 Å². The molecule has 10 heterocycles. The average Bonchev–Trinajstić information content (AvgIpc) is 3.24. The predicted molar refractivity (Wildman–Crippen MR) is 57.8 cm³/mol. The Balaban J connectivity index is 1.66. The van der Waals surface area contributed by atoms with Crippen molar-refractivity contribution >= 4 is 5.97 Å². The number of allylic oxidation sites excluding steroid dienone is 1. The van der Waals surface area contributed by atoms with E-state index in [4.69, 9.17) is 0 Å². The van der Waals surface area contributed by atoms with Crippen LogP contribution in [-0.4, -0.2) is 11.1 Å². The summed E-state index contributed by atoms with van der Waals surface area (Å²) < 4.78 is 0.444. The first-order chi connectivity index (χ1) is 7.94. The van der Waals surface area contributed by atoms with E-state index in [-0.39, 0.29) is 0 Å². The quantitative estimate of drug-likeness (QED) is 0.612. The molecule has 0 aromatic rings. The summed E-state index contributed by atoms with van der Waals surface area (Å²) in [5, 5.41) is 9.67. The van der Waals surface area contributed by atoms with Gasteiger partial charge in [-0.25, -0.2) is 0 Å². The van der Waals surface area contributed by atoms with Gasteiger partial charge in [-0.1, -0.05) is 0 Å². The van der Waals surface area contributed by atoms with Crippen LogP contribution in [0.1, 0.15) is 6.92 Å². The summed E-state index contributed by atoms with van der Waals surface area (Å²) in [4.78, 5) is 22.5. The minimum atomic E-state index is -3.17. The van der Waals surface area contributed by atoms with Gasteiger partial charge in [-0.3, -0.25) is 0 Å². The molecule has 0 aliphatic carbocycles. The Hall–Kier alpha value is -0.271. The number of hydrogen-bond donors (Lipinski definition) is 1. The Kier molecular flexibility index (Phi) is 0.175. The summed E-state index contributed by atoms with van der Waals surface area (Å²) in [5.41, 5.74) is 0.948. The van der Waals surface area contributed by atoms with Gasteiger partial charge in [0.1, 0.15) is 0 Å². The second kappa shape index (κ2) is 0.475. The molecule has 0 aromatic heterocycles. The van der Waals surface area contributed by atoms with Crippen LogP contribution in [0.4, 0.5) is 0 Å². The van der Waals surface area contributed by atoms with E-state index in [2.05, 4.69) is 0 Å². The van der Waals surface area contributed by atoms with Crippen molar-refractivity contribution in [1.82, 2.24) is 0 Å². The summed E-state index contributed by atoms with van der Waals surface area (Å²) in [5.74, 6) is -0.541. The van der Waals surface area contributed by atoms with Crippen molar-refractivity contribution in [2.24, 2.45) is 0 Å². The van der Waals surface area contributed by atoms with Crippen molar-refractivity contribution in [2.75, 3.05) is 0 Å². The van der Waals surface area contributed by atoms with Gasteiger partial charge in [-0.05, 0) is 0 Å². The first-order valence-electron chi connectivity index (χ1n) is 7.05. The van der Waals surface area contributed by atoms with Crippen LogP contribution in [-0.2, 0) is 11.3 Å². The van der Waals surface area contributed by atoms with Crippen molar-refractivity contribution in [3.05, 3.63) is 11.6 Å². The molecule has 0 bridgehead atoms. The van der Waals surface area contributed by atoms with E-state index in [1.807, 2.05) is 13.0 Å². The number of fused-ring (bicyclic) bond motifs is 10. The van der Waals surface area contributed by atoms with E-state index in [0.717, 1.165) is 15.2 Å². The molecule has 0 saturated carbocycles. The fraction of sp³-hybridized carbons (Fsp3) is 0.786. The SMILES string of the molecule is CC=C(C(=O)O)[C]12[CH]3[CH]4[CH]5[CH]1[Fe]45321678[CH]2[CH]1[CH]6[CH]7[CH]28. The Bertz CT molecular complexity index is 969. The first kappa shape index (κ1) is 6.25. The van der Waals surface area contributed by atoms with Gasteiger partial charge in [-0.15, -0.1) is 0 Å². The Morgan fingerprint density at radius 3 is 1.71 bits per heavy atom. The van der Waals surface area contributed by atoms with Gasteiger partial charge < -0.3 is 0 Å². The molecule has 4 unspecified atom stereocenters. The van der Waals surface area contributed by atoms with Crippen molar-refractivity contribution < 1.29 is 16.4 Å². The molecule has 1 spiro atoms. The zero-order valence-corrected chi connectivity index (χ0v) is 10.6. The van der Waals surface area contributed by atoms with E-state index in [9.17, 15) is 9.90 Å². The molecule has 10 saturated heterocycles. The summed E-state index contributed by atoms with van der Waals surface area (Å²) in [6.07, 6.45) is 2.02. The molecule has 10 aliphatic heterocycles. The summed E-state index contributed by atoms with van der Waals surface area (Å²) in [7, 11) is 0. The van der Waals surface area contributed by atoms with Crippen LogP contribution in [0.15, 0.2) is 11.6 Å². The Labute approximate surface area is 88.7 Å². The molecule has 2 nitrogen and oxygen atoms in total. The zero-order valence-electron chi connectivity index (χ0n) is 9.48. The maximum atomic E-state index is 11.7. The zero-order chi connectivity index (χ0) is 10.9. The van der Waals surface area contributed by atoms with E-state index in [1.54, 1.807) is 0 Å². The second-order valence-electron chi connectivity index (χ2n) is 10.7. The molecule has 90 valence electrons. The minimum absolute atomic E-state index is 0.444. The van der Waals surface area contributed by atoms with Gasteiger partial charge in [0.2, 0.25) is 0 Å².